The van der Waals surface area contributed by atoms with Crippen LogP contribution in [0.25, 0.3) is 0 Å². The summed E-state index contributed by atoms with van der Waals surface area (Å²) in [5.41, 5.74) is -3.18. The lowest BCUT2D eigenvalue weighted by molar-refractivity contribution is -0.141. The fraction of sp³-hybridized carbons (Fsp3) is 0.303. The van der Waals surface area contributed by atoms with E-state index in [1.807, 2.05) is 0 Å². The number of phenolic OH excluding ortho intramolecular Hbond substituents is 1. The van der Waals surface area contributed by atoms with Crippen molar-refractivity contribution in [3.05, 3.63) is 93.4 Å². The number of amides is 4. The number of nitrogens with zero attached hydrogens (tertiary/aromatic N) is 4. The lowest BCUT2D eigenvalue weighted by Gasteiger charge is -2.50. The van der Waals surface area contributed by atoms with Gasteiger partial charge in [-0.1, -0.05) is 35.4 Å². The van der Waals surface area contributed by atoms with Gasteiger partial charge < -0.3 is 5.11 Å². The highest BCUT2D eigenvalue weighted by Gasteiger charge is 2.77. The summed E-state index contributed by atoms with van der Waals surface area (Å²) in [7, 11) is 1.06. The Kier molecular flexibility index (Phi) is 8.36. The number of imide groups is 2. The van der Waals surface area contributed by atoms with Crippen LogP contribution in [0.3, 0.4) is 0 Å². The van der Waals surface area contributed by atoms with Crippen LogP contribution in [0.5, 0.6) is 5.75 Å². The number of benzene rings is 2. The number of alkyl halides is 5. The number of phenols is 1. The summed E-state index contributed by atoms with van der Waals surface area (Å²) in [5.74, 6) is -24.5. The molecule has 0 radical (unpaired) electrons. The summed E-state index contributed by atoms with van der Waals surface area (Å²) in [6.45, 7) is 0. The molecule has 2 aliphatic carbocycles. The molecule has 3 fully saturated rings. The Bertz CT molecular complexity index is 2180. The number of anilines is 2. The number of aromatic hydroxyl groups is 1. The predicted molar refractivity (Wildman–Crippen MR) is 169 cm³/mol. The summed E-state index contributed by atoms with van der Waals surface area (Å²) in [4.78, 5) is 54.2. The average molecular weight is 810 g/mol. The Labute approximate surface area is 307 Å². The summed E-state index contributed by atoms with van der Waals surface area (Å²) in [6, 6.07) is 6.24. The lowest BCUT2D eigenvalue weighted by Crippen LogP contribution is -2.60. The Hall–Kier alpha value is -4.48. The molecule has 1 aromatic heterocycles. The molecule has 3 aromatic rings. The molecule has 2 aromatic carbocycles. The van der Waals surface area contributed by atoms with Crippen LogP contribution >= 0.6 is 34.8 Å². The molecule has 2 aliphatic heterocycles. The zero-order valence-corrected chi connectivity index (χ0v) is 28.6. The van der Waals surface area contributed by atoms with Crippen LogP contribution in [0, 0.1) is 46.8 Å². The number of hydrazine groups is 1. The molecule has 0 spiro atoms. The maximum Gasteiger partial charge on any atom is 0.433 e. The minimum atomic E-state index is -4.93. The largest absolute Gasteiger partial charge is 0.508 e. The number of halogens is 11. The SMILES string of the molecule is CN(c1nc(C(F)(F)F)ccc1Cl)N1C(=O)C2CC=C3C(CC4(Cl)C(=O)N(c5c(F)c(F)c(F)c(F)c5F)C(=O)C4(Cl)C3c3ccc(O)cc3)C2C1=O. The average Bonchev–Trinajstić information content (AvgIpc) is 3.44. The molecule has 9 nitrogen and oxygen atoms in total. The van der Waals surface area contributed by atoms with Crippen LogP contribution in [0.2, 0.25) is 5.02 Å². The van der Waals surface area contributed by atoms with Gasteiger partial charge in [0.2, 0.25) is 5.82 Å². The van der Waals surface area contributed by atoms with Crippen molar-refractivity contribution in [2.75, 3.05) is 17.0 Å². The molecule has 6 atom stereocenters. The third-order valence-electron chi connectivity index (χ3n) is 10.1. The molecule has 0 bridgehead atoms. The monoisotopic (exact) mass is 808 g/mol. The maximum absolute atomic E-state index is 15.2. The Morgan fingerprint density at radius 2 is 1.43 bits per heavy atom. The van der Waals surface area contributed by atoms with Crippen LogP contribution in [0.15, 0.2) is 48.0 Å². The highest BCUT2D eigenvalue weighted by Crippen LogP contribution is 2.66. The highest BCUT2D eigenvalue weighted by molar-refractivity contribution is 6.58. The molecule has 4 amide bonds. The van der Waals surface area contributed by atoms with E-state index < -0.39 is 116 Å². The van der Waals surface area contributed by atoms with E-state index in [1.54, 1.807) is 0 Å². The van der Waals surface area contributed by atoms with E-state index in [2.05, 4.69) is 4.98 Å². The van der Waals surface area contributed by atoms with Gasteiger partial charge in [0.15, 0.2) is 38.8 Å². The smallest absolute Gasteiger partial charge is 0.433 e. The minimum Gasteiger partial charge on any atom is -0.508 e. The number of pyridine rings is 1. The number of hydrogen-bond donors (Lipinski definition) is 1. The van der Waals surface area contributed by atoms with Gasteiger partial charge in [-0.05, 0) is 48.6 Å². The van der Waals surface area contributed by atoms with Gasteiger partial charge in [0, 0.05) is 13.0 Å². The zero-order valence-electron chi connectivity index (χ0n) is 26.3. The molecule has 2 saturated heterocycles. The first kappa shape index (κ1) is 36.9. The molecular weight excluding hydrogens is 791 g/mol. The van der Waals surface area contributed by atoms with Crippen molar-refractivity contribution >= 4 is 69.9 Å². The fourth-order valence-corrected chi connectivity index (χ4v) is 8.96. The van der Waals surface area contributed by atoms with Crippen LogP contribution in [0.4, 0.5) is 46.6 Å². The van der Waals surface area contributed by atoms with E-state index in [0.29, 0.717) is 11.1 Å². The third kappa shape index (κ3) is 4.92. The first-order valence-corrected chi connectivity index (χ1v) is 16.4. The maximum atomic E-state index is 15.2. The van der Waals surface area contributed by atoms with Gasteiger partial charge in [-0.25, -0.2) is 31.8 Å². The van der Waals surface area contributed by atoms with Gasteiger partial charge in [0.05, 0.1) is 16.9 Å². The third-order valence-corrected chi connectivity index (χ3v) is 11.9. The molecule has 1 N–H and O–H groups in total. The Balaban J connectivity index is 1.37. The number of allylic oxidation sites excluding steroid dienone is 2. The second-order valence-corrected chi connectivity index (χ2v) is 14.4. The highest BCUT2D eigenvalue weighted by atomic mass is 35.5. The molecule has 4 aliphatic rings. The number of carbonyl (C=O) groups is 4. The molecule has 53 heavy (non-hydrogen) atoms. The predicted octanol–water partition coefficient (Wildman–Crippen LogP) is 6.77. The standard InChI is InChI=1S/C33H19Cl3F8N4O5/c1-46(26-16(34)8-9-17(45-26)33(42,43)44)48-27(50)14-7-6-13-15(18(14)28(48)51)10-31(35)29(52)47(25-23(40)21(38)20(37)22(39)24(25)41)30(53)32(31,36)19(13)11-2-4-12(49)5-3-11/h2-6,8-9,14-15,18-19,49H,7,10H2,1H3. The Morgan fingerprint density at radius 3 is 2.02 bits per heavy atom. The lowest BCUT2D eigenvalue weighted by atomic mass is 9.56. The van der Waals surface area contributed by atoms with Crippen molar-refractivity contribution in [3.63, 3.8) is 0 Å². The van der Waals surface area contributed by atoms with Gasteiger partial charge in [0.25, 0.3) is 23.6 Å². The van der Waals surface area contributed by atoms with Crippen molar-refractivity contribution in [2.24, 2.45) is 17.8 Å². The molecule has 7 rings (SSSR count). The molecular formula is C33H19Cl3F8N4O5. The fourth-order valence-electron chi connectivity index (χ4n) is 7.80. The first-order chi connectivity index (χ1) is 24.7. The molecule has 20 heteroatoms. The number of rotatable bonds is 4. The number of hydrogen-bond acceptors (Lipinski definition) is 7. The second kappa shape index (κ2) is 12.0. The van der Waals surface area contributed by atoms with E-state index in [0.717, 1.165) is 30.3 Å². The summed E-state index contributed by atoms with van der Waals surface area (Å²) < 4.78 is 114. The zero-order chi connectivity index (χ0) is 38.9. The quantitative estimate of drug-likeness (QED) is 0.0774. The van der Waals surface area contributed by atoms with Crippen LogP contribution in [-0.4, -0.2) is 55.5 Å². The second-order valence-electron chi connectivity index (χ2n) is 12.8. The van der Waals surface area contributed by atoms with E-state index in [-0.39, 0.29) is 33.2 Å². The van der Waals surface area contributed by atoms with Gasteiger partial charge in [-0.3, -0.25) is 24.2 Å². The summed E-state index contributed by atoms with van der Waals surface area (Å²) in [6.07, 6.45) is -4.56. The van der Waals surface area contributed by atoms with Crippen LogP contribution < -0.4 is 9.91 Å². The van der Waals surface area contributed by atoms with Crippen LogP contribution in [-0.2, 0) is 25.4 Å². The van der Waals surface area contributed by atoms with E-state index >= 15 is 8.78 Å². The van der Waals surface area contributed by atoms with E-state index in [1.165, 1.54) is 18.2 Å². The molecule has 278 valence electrons. The Morgan fingerprint density at radius 1 is 0.849 bits per heavy atom. The van der Waals surface area contributed by atoms with E-state index in [9.17, 15) is 50.6 Å². The van der Waals surface area contributed by atoms with Crippen molar-refractivity contribution in [2.45, 2.75) is 34.7 Å². The van der Waals surface area contributed by atoms with Crippen molar-refractivity contribution in [1.29, 1.82) is 0 Å². The van der Waals surface area contributed by atoms with Gasteiger partial charge in [-0.2, -0.15) is 18.2 Å². The van der Waals surface area contributed by atoms with E-state index in [4.69, 9.17) is 34.8 Å². The minimum absolute atomic E-state index is 0.0448. The normalized spacial score (nSPS) is 28.3. The molecule has 6 unspecified atom stereocenters. The van der Waals surface area contributed by atoms with Gasteiger partial charge in [-0.15, -0.1) is 23.2 Å². The number of carbonyl (C=O) groups excluding carboxylic acids is 4. The van der Waals surface area contributed by atoms with Gasteiger partial charge in [0.1, 0.15) is 17.1 Å². The van der Waals surface area contributed by atoms with Crippen molar-refractivity contribution in [1.82, 2.24) is 9.99 Å². The summed E-state index contributed by atoms with van der Waals surface area (Å²) in [5, 5.41) is 10.9. The first-order valence-electron chi connectivity index (χ1n) is 15.3. The summed E-state index contributed by atoms with van der Waals surface area (Å²) >= 11 is 20.2. The molecule has 3 heterocycles. The topological polar surface area (TPSA) is 111 Å². The molecule has 1 saturated carbocycles. The van der Waals surface area contributed by atoms with Gasteiger partial charge >= 0.3 is 6.18 Å². The number of fused-ring (bicyclic) bond motifs is 4. The van der Waals surface area contributed by atoms with Crippen molar-refractivity contribution in [3.8, 4) is 5.75 Å². The number of aromatic nitrogens is 1. The van der Waals surface area contributed by atoms with Crippen LogP contribution in [0.1, 0.15) is 30.0 Å². The van der Waals surface area contributed by atoms with Crippen molar-refractivity contribution < 1.29 is 59.4 Å².